The molecule has 2 aromatic rings. The van der Waals surface area contributed by atoms with Crippen molar-refractivity contribution in [1.82, 2.24) is 4.90 Å². The number of benzene rings is 2. The number of hydrogen-bond donors (Lipinski definition) is 1. The Bertz CT molecular complexity index is 667. The SMILES string of the molecule is NC(=O)CN1CCCc2ccc(CCc3ccccc3)cc2C1. The van der Waals surface area contributed by atoms with Crippen LogP contribution in [0.3, 0.4) is 0 Å². The third-order valence-electron chi connectivity index (χ3n) is 4.51. The number of rotatable bonds is 5. The molecule has 2 N–H and O–H groups in total. The summed E-state index contributed by atoms with van der Waals surface area (Å²) in [4.78, 5) is 13.4. The van der Waals surface area contributed by atoms with Gasteiger partial charge in [0.15, 0.2) is 0 Å². The fourth-order valence-corrected chi connectivity index (χ4v) is 3.33. The van der Waals surface area contributed by atoms with Gasteiger partial charge in [-0.05, 0) is 54.5 Å². The first-order valence-electron chi connectivity index (χ1n) is 8.36. The molecule has 0 atom stereocenters. The third-order valence-corrected chi connectivity index (χ3v) is 4.51. The average Bonchev–Trinajstić information content (AvgIpc) is 2.74. The Balaban J connectivity index is 1.70. The van der Waals surface area contributed by atoms with Gasteiger partial charge in [-0.1, -0.05) is 48.5 Å². The fraction of sp³-hybridized carbons (Fsp3) is 0.350. The van der Waals surface area contributed by atoms with Gasteiger partial charge in [-0.2, -0.15) is 0 Å². The lowest BCUT2D eigenvalue weighted by molar-refractivity contribution is -0.119. The molecule has 3 rings (SSSR count). The number of primary amides is 1. The molecule has 0 radical (unpaired) electrons. The molecule has 23 heavy (non-hydrogen) atoms. The summed E-state index contributed by atoms with van der Waals surface area (Å²) >= 11 is 0. The minimum atomic E-state index is -0.242. The highest BCUT2D eigenvalue weighted by Crippen LogP contribution is 2.21. The minimum absolute atomic E-state index is 0.242. The zero-order valence-corrected chi connectivity index (χ0v) is 13.5. The molecule has 0 saturated heterocycles. The van der Waals surface area contributed by atoms with E-state index in [-0.39, 0.29) is 5.91 Å². The molecular weight excluding hydrogens is 284 g/mol. The van der Waals surface area contributed by atoms with Crippen LogP contribution in [0.25, 0.3) is 0 Å². The molecule has 2 aromatic carbocycles. The largest absolute Gasteiger partial charge is 0.369 e. The maximum atomic E-state index is 11.2. The highest BCUT2D eigenvalue weighted by atomic mass is 16.1. The summed E-state index contributed by atoms with van der Waals surface area (Å²) in [5, 5.41) is 0. The summed E-state index contributed by atoms with van der Waals surface area (Å²) < 4.78 is 0. The summed E-state index contributed by atoms with van der Waals surface area (Å²) in [6.45, 7) is 2.13. The van der Waals surface area contributed by atoms with Crippen LogP contribution in [0.4, 0.5) is 0 Å². The average molecular weight is 308 g/mol. The van der Waals surface area contributed by atoms with Crippen molar-refractivity contribution in [2.24, 2.45) is 5.73 Å². The lowest BCUT2D eigenvalue weighted by Gasteiger charge is -2.18. The van der Waals surface area contributed by atoms with Gasteiger partial charge in [0.2, 0.25) is 5.91 Å². The van der Waals surface area contributed by atoms with Gasteiger partial charge in [-0.3, -0.25) is 9.69 Å². The van der Waals surface area contributed by atoms with Crippen molar-refractivity contribution in [2.75, 3.05) is 13.1 Å². The van der Waals surface area contributed by atoms with Crippen molar-refractivity contribution < 1.29 is 4.79 Å². The Hall–Kier alpha value is -2.13. The number of hydrogen-bond acceptors (Lipinski definition) is 2. The highest BCUT2D eigenvalue weighted by Gasteiger charge is 2.16. The van der Waals surface area contributed by atoms with E-state index in [1.165, 1.54) is 22.3 Å². The normalized spacial score (nSPS) is 15.0. The van der Waals surface area contributed by atoms with E-state index in [2.05, 4.69) is 53.4 Å². The number of nitrogens with two attached hydrogens (primary N) is 1. The Labute approximate surface area is 138 Å². The zero-order chi connectivity index (χ0) is 16.1. The van der Waals surface area contributed by atoms with Gasteiger partial charge >= 0.3 is 0 Å². The van der Waals surface area contributed by atoms with Crippen molar-refractivity contribution in [3.05, 3.63) is 70.8 Å². The van der Waals surface area contributed by atoms with Crippen molar-refractivity contribution in [1.29, 1.82) is 0 Å². The molecule has 3 nitrogen and oxygen atoms in total. The predicted molar refractivity (Wildman–Crippen MR) is 93.1 cm³/mol. The van der Waals surface area contributed by atoms with Crippen LogP contribution in [0.5, 0.6) is 0 Å². The van der Waals surface area contributed by atoms with E-state index in [9.17, 15) is 4.79 Å². The summed E-state index contributed by atoms with van der Waals surface area (Å²) in [6, 6.07) is 17.4. The van der Waals surface area contributed by atoms with Gasteiger partial charge in [0.25, 0.3) is 0 Å². The molecule has 0 aliphatic carbocycles. The van der Waals surface area contributed by atoms with Gasteiger partial charge < -0.3 is 5.73 Å². The van der Waals surface area contributed by atoms with Crippen LogP contribution in [0.15, 0.2) is 48.5 Å². The van der Waals surface area contributed by atoms with Crippen LogP contribution < -0.4 is 5.73 Å². The van der Waals surface area contributed by atoms with Crippen LogP contribution >= 0.6 is 0 Å². The van der Waals surface area contributed by atoms with Crippen LogP contribution in [0.1, 0.15) is 28.7 Å². The maximum Gasteiger partial charge on any atom is 0.231 e. The molecule has 0 fully saturated rings. The predicted octanol–water partition coefficient (Wildman–Crippen LogP) is 2.71. The van der Waals surface area contributed by atoms with Gasteiger partial charge in [0.1, 0.15) is 0 Å². The molecule has 0 spiro atoms. The van der Waals surface area contributed by atoms with Crippen LogP contribution in [-0.4, -0.2) is 23.9 Å². The van der Waals surface area contributed by atoms with E-state index in [4.69, 9.17) is 5.73 Å². The van der Waals surface area contributed by atoms with Gasteiger partial charge in [0.05, 0.1) is 6.54 Å². The van der Waals surface area contributed by atoms with E-state index in [0.29, 0.717) is 6.54 Å². The summed E-state index contributed by atoms with van der Waals surface area (Å²) in [6.07, 6.45) is 4.28. The molecule has 1 aliphatic rings. The van der Waals surface area contributed by atoms with Gasteiger partial charge in [-0.15, -0.1) is 0 Å². The molecule has 1 heterocycles. The van der Waals surface area contributed by atoms with E-state index in [1.807, 2.05) is 0 Å². The first-order valence-corrected chi connectivity index (χ1v) is 8.36. The molecule has 0 saturated carbocycles. The van der Waals surface area contributed by atoms with Crippen molar-refractivity contribution in [3.8, 4) is 0 Å². The maximum absolute atomic E-state index is 11.2. The summed E-state index contributed by atoms with van der Waals surface area (Å²) in [5.74, 6) is -0.242. The lowest BCUT2D eigenvalue weighted by atomic mass is 9.97. The number of aryl methyl sites for hydroxylation is 3. The topological polar surface area (TPSA) is 46.3 Å². The molecule has 0 bridgehead atoms. The Morgan fingerprint density at radius 2 is 1.78 bits per heavy atom. The zero-order valence-electron chi connectivity index (χ0n) is 13.5. The number of amides is 1. The third kappa shape index (κ3) is 4.42. The first kappa shape index (κ1) is 15.8. The monoisotopic (exact) mass is 308 g/mol. The Kier molecular flexibility index (Phi) is 5.09. The van der Waals surface area contributed by atoms with E-state index in [0.717, 1.165) is 38.8 Å². The number of carbonyl (C=O) groups excluding carboxylic acids is 1. The van der Waals surface area contributed by atoms with Gasteiger partial charge in [0, 0.05) is 6.54 Å². The van der Waals surface area contributed by atoms with Gasteiger partial charge in [-0.25, -0.2) is 0 Å². The van der Waals surface area contributed by atoms with Crippen molar-refractivity contribution >= 4 is 5.91 Å². The molecule has 120 valence electrons. The van der Waals surface area contributed by atoms with Crippen LogP contribution in [-0.2, 0) is 30.6 Å². The molecule has 0 aromatic heterocycles. The Morgan fingerprint density at radius 1 is 1.00 bits per heavy atom. The highest BCUT2D eigenvalue weighted by molar-refractivity contribution is 5.75. The van der Waals surface area contributed by atoms with Crippen LogP contribution in [0.2, 0.25) is 0 Å². The second-order valence-electron chi connectivity index (χ2n) is 6.37. The summed E-state index contributed by atoms with van der Waals surface area (Å²) in [5.41, 5.74) is 10.9. The van der Waals surface area contributed by atoms with E-state index < -0.39 is 0 Å². The van der Waals surface area contributed by atoms with Crippen molar-refractivity contribution in [3.63, 3.8) is 0 Å². The van der Waals surface area contributed by atoms with E-state index in [1.54, 1.807) is 0 Å². The second kappa shape index (κ2) is 7.42. The lowest BCUT2D eigenvalue weighted by Crippen LogP contribution is -2.33. The van der Waals surface area contributed by atoms with Crippen LogP contribution in [0, 0.1) is 0 Å². The molecular formula is C20H24N2O. The quantitative estimate of drug-likeness (QED) is 0.923. The first-order chi connectivity index (χ1) is 11.2. The molecule has 3 heteroatoms. The second-order valence-corrected chi connectivity index (χ2v) is 6.37. The standard InChI is InChI=1S/C20H24N2O/c21-20(23)15-22-12-4-7-18-11-10-17(13-19(18)14-22)9-8-16-5-2-1-3-6-16/h1-3,5-6,10-11,13H,4,7-9,12,14-15H2,(H2,21,23). The smallest absolute Gasteiger partial charge is 0.231 e. The molecule has 1 aliphatic heterocycles. The minimum Gasteiger partial charge on any atom is -0.369 e. The fourth-order valence-electron chi connectivity index (χ4n) is 3.33. The summed E-state index contributed by atoms with van der Waals surface area (Å²) in [7, 11) is 0. The number of carbonyl (C=O) groups is 1. The van der Waals surface area contributed by atoms with Crippen molar-refractivity contribution in [2.45, 2.75) is 32.2 Å². The number of nitrogens with zero attached hydrogens (tertiary/aromatic N) is 1. The van der Waals surface area contributed by atoms with E-state index >= 15 is 0 Å². The number of fused-ring (bicyclic) bond motifs is 1. The Morgan fingerprint density at radius 3 is 2.57 bits per heavy atom. The molecule has 1 amide bonds. The molecule has 0 unspecified atom stereocenters.